The van der Waals surface area contributed by atoms with Crippen LogP contribution in [-0.2, 0) is 9.59 Å². The lowest BCUT2D eigenvalue weighted by Crippen LogP contribution is -2.47. The summed E-state index contributed by atoms with van der Waals surface area (Å²) in [5.74, 6) is -0.0973. The monoisotopic (exact) mass is 312 g/mol. The molecule has 2 rings (SSSR count). The lowest BCUT2D eigenvalue weighted by atomic mass is 9.83. The second-order valence-electron chi connectivity index (χ2n) is 5.83. The van der Waals surface area contributed by atoms with E-state index in [1.54, 1.807) is 29.0 Å². The van der Waals surface area contributed by atoms with Gasteiger partial charge in [0.15, 0.2) is 0 Å². The van der Waals surface area contributed by atoms with Crippen molar-refractivity contribution in [2.24, 2.45) is 5.92 Å². The van der Waals surface area contributed by atoms with Gasteiger partial charge in [0.1, 0.15) is 0 Å². The molecule has 4 heteroatoms. The van der Waals surface area contributed by atoms with Crippen LogP contribution in [0.4, 0.5) is 0 Å². The first-order valence-electron chi connectivity index (χ1n) is 7.91. The summed E-state index contributed by atoms with van der Waals surface area (Å²) in [5.41, 5.74) is 0.999. The first-order valence-corrected chi connectivity index (χ1v) is 7.91. The van der Waals surface area contributed by atoms with Crippen molar-refractivity contribution in [2.75, 3.05) is 20.1 Å². The van der Waals surface area contributed by atoms with E-state index in [-0.39, 0.29) is 23.8 Å². The van der Waals surface area contributed by atoms with Gasteiger partial charge in [0.25, 0.3) is 0 Å². The summed E-state index contributed by atoms with van der Waals surface area (Å²) >= 11 is 0. The van der Waals surface area contributed by atoms with Gasteiger partial charge in [-0.1, -0.05) is 42.5 Å². The minimum Gasteiger partial charge on any atom is -0.338 e. The van der Waals surface area contributed by atoms with Gasteiger partial charge >= 0.3 is 0 Å². The van der Waals surface area contributed by atoms with Crippen molar-refractivity contribution in [3.63, 3.8) is 0 Å². The molecule has 0 bridgehead atoms. The smallest absolute Gasteiger partial charge is 0.228 e. The third-order valence-corrected chi connectivity index (χ3v) is 4.33. The molecule has 1 saturated heterocycles. The van der Waals surface area contributed by atoms with Crippen LogP contribution in [-0.4, -0.2) is 41.8 Å². The zero-order chi connectivity index (χ0) is 16.8. The van der Waals surface area contributed by atoms with Gasteiger partial charge in [-0.05, 0) is 12.0 Å². The standard InChI is InChI=1S/C19H24N2O2/c1-4-13-21(14-5-2)19(23)16-11-12-17(22)20(3)18(16)15-9-7-6-8-10-15/h4-10,16,18H,1-2,11-14H2,3H3/t16-,18-/m1/s1. The van der Waals surface area contributed by atoms with E-state index in [0.717, 1.165) is 5.56 Å². The lowest BCUT2D eigenvalue weighted by molar-refractivity contribution is -0.146. The molecule has 0 aromatic heterocycles. The first-order chi connectivity index (χ1) is 11.1. The second-order valence-corrected chi connectivity index (χ2v) is 5.83. The number of benzene rings is 1. The van der Waals surface area contributed by atoms with Crippen LogP contribution in [0, 0.1) is 5.92 Å². The number of piperidine rings is 1. The van der Waals surface area contributed by atoms with E-state index in [9.17, 15) is 9.59 Å². The van der Waals surface area contributed by atoms with Gasteiger partial charge in [-0.15, -0.1) is 13.2 Å². The molecule has 2 amide bonds. The molecule has 1 aromatic rings. The molecule has 1 aliphatic heterocycles. The molecule has 23 heavy (non-hydrogen) atoms. The maximum atomic E-state index is 13.0. The summed E-state index contributed by atoms with van der Waals surface area (Å²) in [5, 5.41) is 0. The van der Waals surface area contributed by atoms with Gasteiger partial charge in [-0.3, -0.25) is 9.59 Å². The van der Waals surface area contributed by atoms with Gasteiger partial charge in [-0.25, -0.2) is 0 Å². The van der Waals surface area contributed by atoms with Crippen molar-refractivity contribution in [1.82, 2.24) is 9.80 Å². The molecule has 1 aliphatic rings. The van der Waals surface area contributed by atoms with E-state index in [1.807, 2.05) is 30.3 Å². The predicted octanol–water partition coefficient (Wildman–Crippen LogP) is 2.80. The number of rotatable bonds is 6. The van der Waals surface area contributed by atoms with Crippen molar-refractivity contribution in [3.8, 4) is 0 Å². The highest BCUT2D eigenvalue weighted by molar-refractivity contribution is 5.85. The van der Waals surface area contributed by atoms with Gasteiger partial charge in [0.2, 0.25) is 11.8 Å². The molecule has 1 aromatic carbocycles. The zero-order valence-electron chi connectivity index (χ0n) is 13.6. The Morgan fingerprint density at radius 2 is 1.87 bits per heavy atom. The van der Waals surface area contributed by atoms with Crippen LogP contribution < -0.4 is 0 Å². The minimum atomic E-state index is -0.236. The summed E-state index contributed by atoms with van der Waals surface area (Å²) in [6.07, 6.45) is 4.42. The van der Waals surface area contributed by atoms with E-state index in [1.165, 1.54) is 0 Å². The fourth-order valence-electron chi connectivity index (χ4n) is 3.20. The van der Waals surface area contributed by atoms with Crippen LogP contribution in [0.25, 0.3) is 0 Å². The van der Waals surface area contributed by atoms with Crippen LogP contribution in [0.3, 0.4) is 0 Å². The summed E-state index contributed by atoms with van der Waals surface area (Å²) in [7, 11) is 1.78. The average molecular weight is 312 g/mol. The summed E-state index contributed by atoms with van der Waals surface area (Å²) in [6, 6.07) is 9.55. The summed E-state index contributed by atoms with van der Waals surface area (Å²) in [6.45, 7) is 8.42. The molecule has 0 spiro atoms. The number of hydrogen-bond donors (Lipinski definition) is 0. The quantitative estimate of drug-likeness (QED) is 0.758. The summed E-state index contributed by atoms with van der Waals surface area (Å²) < 4.78 is 0. The Labute approximate surface area is 138 Å². The molecule has 2 atom stereocenters. The Morgan fingerprint density at radius 3 is 2.43 bits per heavy atom. The van der Waals surface area contributed by atoms with Crippen molar-refractivity contribution >= 4 is 11.8 Å². The Morgan fingerprint density at radius 1 is 1.26 bits per heavy atom. The number of carbonyl (C=O) groups is 2. The Hall–Kier alpha value is -2.36. The topological polar surface area (TPSA) is 40.6 Å². The van der Waals surface area contributed by atoms with Crippen LogP contribution in [0.2, 0.25) is 0 Å². The van der Waals surface area contributed by atoms with Gasteiger partial charge in [0, 0.05) is 26.6 Å². The van der Waals surface area contributed by atoms with Crippen molar-refractivity contribution < 1.29 is 9.59 Å². The zero-order valence-corrected chi connectivity index (χ0v) is 13.6. The predicted molar refractivity (Wildman–Crippen MR) is 91.7 cm³/mol. The molecule has 0 unspecified atom stereocenters. The van der Waals surface area contributed by atoms with Gasteiger partial charge < -0.3 is 9.80 Å². The van der Waals surface area contributed by atoms with Gasteiger partial charge in [0.05, 0.1) is 12.0 Å². The molecular formula is C19H24N2O2. The maximum Gasteiger partial charge on any atom is 0.228 e. The highest BCUT2D eigenvalue weighted by Crippen LogP contribution is 2.36. The minimum absolute atomic E-state index is 0.0537. The van der Waals surface area contributed by atoms with E-state index in [4.69, 9.17) is 0 Å². The highest BCUT2D eigenvalue weighted by atomic mass is 16.2. The van der Waals surface area contributed by atoms with Crippen LogP contribution in [0.15, 0.2) is 55.6 Å². The normalized spacial score (nSPS) is 20.9. The first kappa shape index (κ1) is 17.0. The Bertz CT molecular complexity index is 572. The van der Waals surface area contributed by atoms with E-state index >= 15 is 0 Å². The number of nitrogens with zero attached hydrogens (tertiary/aromatic N) is 2. The molecule has 1 heterocycles. The molecule has 0 aliphatic carbocycles. The van der Waals surface area contributed by atoms with Crippen molar-refractivity contribution in [3.05, 3.63) is 61.2 Å². The number of amides is 2. The van der Waals surface area contributed by atoms with Crippen molar-refractivity contribution in [2.45, 2.75) is 18.9 Å². The maximum absolute atomic E-state index is 13.0. The molecule has 0 N–H and O–H groups in total. The molecule has 4 nitrogen and oxygen atoms in total. The number of carbonyl (C=O) groups excluding carboxylic acids is 2. The van der Waals surface area contributed by atoms with E-state index in [2.05, 4.69) is 13.2 Å². The molecule has 0 radical (unpaired) electrons. The number of likely N-dealkylation sites (tertiary alicyclic amines) is 1. The molecule has 0 saturated carbocycles. The van der Waals surface area contributed by atoms with Crippen molar-refractivity contribution in [1.29, 1.82) is 0 Å². The largest absolute Gasteiger partial charge is 0.338 e. The highest BCUT2D eigenvalue weighted by Gasteiger charge is 2.40. The van der Waals surface area contributed by atoms with Gasteiger partial charge in [-0.2, -0.15) is 0 Å². The van der Waals surface area contributed by atoms with Crippen LogP contribution in [0.5, 0.6) is 0 Å². The molecule has 122 valence electrons. The average Bonchev–Trinajstić information content (AvgIpc) is 2.57. The fraction of sp³-hybridized carbons (Fsp3) is 0.368. The SMILES string of the molecule is C=CCN(CC=C)C(=O)[C@@H]1CCC(=O)N(C)[C@@H]1c1ccccc1. The Kier molecular flexibility index (Phi) is 5.74. The second kappa shape index (κ2) is 7.77. The number of hydrogen-bond acceptors (Lipinski definition) is 2. The van der Waals surface area contributed by atoms with E-state index < -0.39 is 0 Å². The summed E-state index contributed by atoms with van der Waals surface area (Å²) in [4.78, 5) is 28.6. The fourth-order valence-corrected chi connectivity index (χ4v) is 3.20. The third-order valence-electron chi connectivity index (χ3n) is 4.33. The Balaban J connectivity index is 2.33. The van der Waals surface area contributed by atoms with E-state index in [0.29, 0.717) is 25.9 Å². The molecular weight excluding hydrogens is 288 g/mol. The molecule has 1 fully saturated rings. The van der Waals surface area contributed by atoms with Crippen LogP contribution >= 0.6 is 0 Å². The third kappa shape index (κ3) is 3.70. The van der Waals surface area contributed by atoms with Crippen LogP contribution in [0.1, 0.15) is 24.4 Å². The lowest BCUT2D eigenvalue weighted by Gasteiger charge is -2.40.